The second-order valence-corrected chi connectivity index (χ2v) is 4.07. The summed E-state index contributed by atoms with van der Waals surface area (Å²) in [6.45, 7) is 4.25. The maximum atomic E-state index is 8.74. The fourth-order valence-electron chi connectivity index (χ4n) is 2.07. The van der Waals surface area contributed by atoms with Gasteiger partial charge in [0.2, 0.25) is 0 Å². The summed E-state index contributed by atoms with van der Waals surface area (Å²) >= 11 is 0. The molecule has 1 aliphatic heterocycles. The van der Waals surface area contributed by atoms with E-state index < -0.39 is 0 Å². The van der Waals surface area contributed by atoms with Gasteiger partial charge in [0.05, 0.1) is 5.69 Å². The van der Waals surface area contributed by atoms with Crippen molar-refractivity contribution < 1.29 is 9.52 Å². The molecule has 0 radical (unpaired) electrons. The number of aliphatic hydroxyl groups is 1. The summed E-state index contributed by atoms with van der Waals surface area (Å²) in [5.41, 5.74) is 1.10. The number of oxazole rings is 1. The van der Waals surface area contributed by atoms with E-state index in [4.69, 9.17) is 9.52 Å². The first kappa shape index (κ1) is 10.6. The number of rotatable bonds is 4. The van der Waals surface area contributed by atoms with Crippen molar-refractivity contribution in [3.63, 3.8) is 0 Å². The van der Waals surface area contributed by atoms with Crippen LogP contribution in [0.25, 0.3) is 0 Å². The van der Waals surface area contributed by atoms with E-state index in [-0.39, 0.29) is 6.61 Å². The van der Waals surface area contributed by atoms with Gasteiger partial charge in [0.15, 0.2) is 5.89 Å². The van der Waals surface area contributed by atoms with Gasteiger partial charge in [-0.3, -0.25) is 0 Å². The van der Waals surface area contributed by atoms with Crippen molar-refractivity contribution in [1.82, 2.24) is 10.3 Å². The van der Waals surface area contributed by atoms with E-state index in [1.54, 1.807) is 0 Å². The molecule has 4 heteroatoms. The van der Waals surface area contributed by atoms with Crippen LogP contribution in [0.3, 0.4) is 0 Å². The van der Waals surface area contributed by atoms with Crippen molar-refractivity contribution in [3.05, 3.63) is 17.3 Å². The fourth-order valence-corrected chi connectivity index (χ4v) is 2.07. The van der Waals surface area contributed by atoms with Crippen LogP contribution in [0.2, 0.25) is 0 Å². The molecule has 0 bridgehead atoms. The van der Waals surface area contributed by atoms with Crippen LogP contribution in [0.4, 0.5) is 0 Å². The average Bonchev–Trinajstić information content (AvgIpc) is 2.83. The molecular weight excluding hydrogens is 192 g/mol. The van der Waals surface area contributed by atoms with E-state index in [1.807, 2.05) is 6.92 Å². The zero-order valence-corrected chi connectivity index (χ0v) is 9.12. The van der Waals surface area contributed by atoms with Gasteiger partial charge < -0.3 is 14.8 Å². The molecule has 1 fully saturated rings. The molecule has 0 aromatic carbocycles. The maximum absolute atomic E-state index is 8.74. The maximum Gasteiger partial charge on any atom is 0.194 e. The van der Waals surface area contributed by atoms with E-state index in [9.17, 15) is 0 Å². The van der Waals surface area contributed by atoms with Crippen molar-refractivity contribution in [2.45, 2.75) is 32.1 Å². The molecule has 4 nitrogen and oxygen atoms in total. The Hall–Kier alpha value is -0.870. The Balaban J connectivity index is 2.06. The third kappa shape index (κ3) is 2.38. The standard InChI is InChI=1S/C11H18N2O2/c1-8-11(9-4-5-12-7-9)13-10(15-8)3-2-6-14/h9,12,14H,2-7H2,1H3. The molecule has 15 heavy (non-hydrogen) atoms. The molecule has 0 amide bonds. The first-order chi connectivity index (χ1) is 7.31. The lowest BCUT2D eigenvalue weighted by atomic mass is 10.0. The molecule has 0 aliphatic carbocycles. The van der Waals surface area contributed by atoms with Crippen LogP contribution in [0.15, 0.2) is 4.42 Å². The van der Waals surface area contributed by atoms with Crippen LogP contribution in [-0.2, 0) is 6.42 Å². The van der Waals surface area contributed by atoms with Crippen LogP contribution in [0, 0.1) is 6.92 Å². The van der Waals surface area contributed by atoms with E-state index in [0.717, 1.165) is 49.7 Å². The molecule has 1 aromatic heterocycles. The number of aliphatic hydroxyl groups excluding tert-OH is 1. The molecule has 1 aliphatic rings. The Morgan fingerprint density at radius 2 is 2.47 bits per heavy atom. The fraction of sp³-hybridized carbons (Fsp3) is 0.727. The second-order valence-electron chi connectivity index (χ2n) is 4.07. The first-order valence-electron chi connectivity index (χ1n) is 5.59. The minimum atomic E-state index is 0.196. The third-order valence-corrected chi connectivity index (χ3v) is 2.87. The number of aromatic nitrogens is 1. The Bertz CT molecular complexity index is 316. The monoisotopic (exact) mass is 210 g/mol. The van der Waals surface area contributed by atoms with Crippen LogP contribution >= 0.6 is 0 Å². The SMILES string of the molecule is Cc1oc(CCCO)nc1C1CCNC1. The van der Waals surface area contributed by atoms with Crippen LogP contribution in [-0.4, -0.2) is 29.8 Å². The zero-order valence-electron chi connectivity index (χ0n) is 9.12. The lowest BCUT2D eigenvalue weighted by molar-refractivity contribution is 0.282. The average molecular weight is 210 g/mol. The van der Waals surface area contributed by atoms with Gasteiger partial charge in [0.1, 0.15) is 5.76 Å². The van der Waals surface area contributed by atoms with Crippen molar-refractivity contribution in [2.75, 3.05) is 19.7 Å². The first-order valence-corrected chi connectivity index (χ1v) is 5.59. The summed E-state index contributed by atoms with van der Waals surface area (Å²) in [5.74, 6) is 2.22. The molecule has 84 valence electrons. The molecule has 1 atom stereocenters. The van der Waals surface area contributed by atoms with E-state index in [0.29, 0.717) is 5.92 Å². The van der Waals surface area contributed by atoms with Crippen molar-refractivity contribution in [2.24, 2.45) is 0 Å². The van der Waals surface area contributed by atoms with Gasteiger partial charge in [-0.2, -0.15) is 0 Å². The molecular formula is C11H18N2O2. The molecule has 1 saturated heterocycles. The van der Waals surface area contributed by atoms with Crippen molar-refractivity contribution in [3.8, 4) is 0 Å². The highest BCUT2D eigenvalue weighted by atomic mass is 16.4. The molecule has 2 heterocycles. The Morgan fingerprint density at radius 3 is 3.13 bits per heavy atom. The van der Waals surface area contributed by atoms with E-state index >= 15 is 0 Å². The van der Waals surface area contributed by atoms with Gasteiger partial charge in [0, 0.05) is 25.5 Å². The highest BCUT2D eigenvalue weighted by Gasteiger charge is 2.22. The molecule has 0 saturated carbocycles. The number of hydrogen-bond acceptors (Lipinski definition) is 4. The normalized spacial score (nSPS) is 21.1. The smallest absolute Gasteiger partial charge is 0.194 e. The number of nitrogens with zero attached hydrogens (tertiary/aromatic N) is 1. The summed E-state index contributed by atoms with van der Waals surface area (Å²) in [7, 11) is 0. The quantitative estimate of drug-likeness (QED) is 0.778. The number of nitrogens with one attached hydrogen (secondary N) is 1. The Morgan fingerprint density at radius 1 is 1.60 bits per heavy atom. The zero-order chi connectivity index (χ0) is 10.7. The summed E-state index contributed by atoms with van der Waals surface area (Å²) in [6.07, 6.45) is 2.60. The Labute approximate surface area is 89.7 Å². The lowest BCUT2D eigenvalue weighted by Gasteiger charge is -2.03. The molecule has 1 aromatic rings. The second kappa shape index (κ2) is 4.77. The van der Waals surface area contributed by atoms with Crippen LogP contribution in [0.5, 0.6) is 0 Å². The van der Waals surface area contributed by atoms with E-state index in [1.165, 1.54) is 0 Å². The molecule has 2 N–H and O–H groups in total. The Kier molecular flexibility index (Phi) is 3.38. The highest BCUT2D eigenvalue weighted by molar-refractivity contribution is 5.16. The van der Waals surface area contributed by atoms with E-state index in [2.05, 4.69) is 10.3 Å². The lowest BCUT2D eigenvalue weighted by Crippen LogP contribution is -2.08. The van der Waals surface area contributed by atoms with Crippen molar-refractivity contribution in [1.29, 1.82) is 0 Å². The molecule has 1 unspecified atom stereocenters. The summed E-state index contributed by atoms with van der Waals surface area (Å²) in [4.78, 5) is 4.51. The molecule has 0 spiro atoms. The predicted molar refractivity (Wildman–Crippen MR) is 56.9 cm³/mol. The van der Waals surface area contributed by atoms with Gasteiger partial charge in [-0.05, 0) is 26.3 Å². The van der Waals surface area contributed by atoms with Gasteiger partial charge in [0.25, 0.3) is 0 Å². The van der Waals surface area contributed by atoms with Gasteiger partial charge in [-0.25, -0.2) is 4.98 Å². The summed E-state index contributed by atoms with van der Waals surface area (Å²) < 4.78 is 5.58. The number of hydrogen-bond donors (Lipinski definition) is 2. The largest absolute Gasteiger partial charge is 0.446 e. The minimum Gasteiger partial charge on any atom is -0.446 e. The topological polar surface area (TPSA) is 58.3 Å². The predicted octanol–water partition coefficient (Wildman–Crippen LogP) is 0.985. The third-order valence-electron chi connectivity index (χ3n) is 2.87. The van der Waals surface area contributed by atoms with Gasteiger partial charge >= 0.3 is 0 Å². The molecule has 2 rings (SSSR count). The summed E-state index contributed by atoms with van der Waals surface area (Å²) in [6, 6.07) is 0. The minimum absolute atomic E-state index is 0.196. The van der Waals surface area contributed by atoms with Crippen LogP contribution in [0.1, 0.15) is 36.1 Å². The van der Waals surface area contributed by atoms with Gasteiger partial charge in [-0.1, -0.05) is 0 Å². The summed E-state index contributed by atoms with van der Waals surface area (Å²) in [5, 5.41) is 12.1. The van der Waals surface area contributed by atoms with Gasteiger partial charge in [-0.15, -0.1) is 0 Å². The highest BCUT2D eigenvalue weighted by Crippen LogP contribution is 2.25. The van der Waals surface area contributed by atoms with Crippen LogP contribution < -0.4 is 5.32 Å². The number of aryl methyl sites for hydroxylation is 2. The van der Waals surface area contributed by atoms with Crippen molar-refractivity contribution >= 4 is 0 Å².